The summed E-state index contributed by atoms with van der Waals surface area (Å²) in [6.07, 6.45) is 7.72. The van der Waals surface area contributed by atoms with Crippen molar-refractivity contribution in [2.75, 3.05) is 10.6 Å². The van der Waals surface area contributed by atoms with Gasteiger partial charge in [-0.2, -0.15) is 0 Å². The molecule has 0 bridgehead atoms. The lowest BCUT2D eigenvalue weighted by Crippen LogP contribution is -2.42. The van der Waals surface area contributed by atoms with E-state index >= 15 is 0 Å². The van der Waals surface area contributed by atoms with Crippen molar-refractivity contribution < 1.29 is 4.79 Å². The molecule has 26 heavy (non-hydrogen) atoms. The van der Waals surface area contributed by atoms with Gasteiger partial charge in [0.05, 0.1) is 21.9 Å². The van der Waals surface area contributed by atoms with Gasteiger partial charge < -0.3 is 22.1 Å². The lowest BCUT2D eigenvalue weighted by atomic mass is 9.91. The Morgan fingerprint density at radius 3 is 2.69 bits per heavy atom. The minimum absolute atomic E-state index is 0.0886. The van der Waals surface area contributed by atoms with Crippen LogP contribution in [0.2, 0.25) is 0 Å². The smallest absolute Gasteiger partial charge is 0.252 e. The van der Waals surface area contributed by atoms with Crippen LogP contribution in [0.25, 0.3) is 0 Å². The van der Waals surface area contributed by atoms with Gasteiger partial charge in [-0.3, -0.25) is 9.78 Å². The molecular weight excluding hydrogens is 396 g/mol. The van der Waals surface area contributed by atoms with Crippen LogP contribution >= 0.6 is 15.9 Å². The molecule has 2 heterocycles. The van der Waals surface area contributed by atoms with Crippen LogP contribution in [0.5, 0.6) is 0 Å². The minimum Gasteiger partial charge on any atom is -0.365 e. The summed E-state index contributed by atoms with van der Waals surface area (Å²) in [6, 6.07) is 3.84. The Morgan fingerprint density at radius 2 is 2.00 bits per heavy atom. The molecule has 0 aliphatic heterocycles. The number of aryl methyl sites for hydroxylation is 1. The maximum Gasteiger partial charge on any atom is 0.252 e. The number of amides is 1. The monoisotopic (exact) mass is 418 g/mol. The number of pyridine rings is 2. The second-order valence-corrected chi connectivity index (χ2v) is 7.51. The number of nitrogens with two attached hydrogens (primary N) is 2. The highest BCUT2D eigenvalue weighted by Crippen LogP contribution is 2.30. The van der Waals surface area contributed by atoms with Gasteiger partial charge in [-0.25, -0.2) is 4.98 Å². The molecule has 2 aromatic rings. The predicted molar refractivity (Wildman–Crippen MR) is 107 cm³/mol. The Bertz CT molecular complexity index is 812. The highest BCUT2D eigenvalue weighted by Gasteiger charge is 2.24. The lowest BCUT2D eigenvalue weighted by molar-refractivity contribution is 0.100. The van der Waals surface area contributed by atoms with Crippen LogP contribution in [-0.2, 0) is 0 Å². The van der Waals surface area contributed by atoms with Gasteiger partial charge in [0.2, 0.25) is 0 Å². The molecule has 2 aromatic heterocycles. The van der Waals surface area contributed by atoms with Crippen LogP contribution in [-0.4, -0.2) is 28.0 Å². The average molecular weight is 419 g/mol. The molecule has 138 valence electrons. The molecule has 7 nitrogen and oxygen atoms in total. The molecule has 8 heteroatoms. The van der Waals surface area contributed by atoms with Gasteiger partial charge in [-0.05, 0) is 53.4 Å². The van der Waals surface area contributed by atoms with E-state index in [0.29, 0.717) is 21.7 Å². The third-order valence-corrected chi connectivity index (χ3v) is 5.13. The van der Waals surface area contributed by atoms with E-state index < -0.39 is 5.91 Å². The topological polar surface area (TPSA) is 119 Å². The number of hydrogen-bond donors (Lipinski definition) is 4. The fourth-order valence-corrected chi connectivity index (χ4v) is 3.58. The first-order valence-corrected chi connectivity index (χ1v) is 9.44. The number of primary amides is 1. The maximum atomic E-state index is 11.8. The van der Waals surface area contributed by atoms with Crippen molar-refractivity contribution in [3.63, 3.8) is 0 Å². The molecule has 6 N–H and O–H groups in total. The number of rotatable bonds is 5. The van der Waals surface area contributed by atoms with E-state index in [0.717, 1.165) is 36.9 Å². The van der Waals surface area contributed by atoms with Crippen molar-refractivity contribution in [1.82, 2.24) is 9.97 Å². The molecule has 1 saturated carbocycles. The van der Waals surface area contributed by atoms with Gasteiger partial charge >= 0.3 is 0 Å². The summed E-state index contributed by atoms with van der Waals surface area (Å²) in [6.45, 7) is 1.94. The minimum atomic E-state index is -0.553. The Balaban J connectivity index is 1.92. The number of aromatic nitrogens is 2. The predicted octanol–water partition coefficient (Wildman–Crippen LogP) is 3.07. The van der Waals surface area contributed by atoms with Crippen molar-refractivity contribution in [1.29, 1.82) is 0 Å². The number of nitrogens with zero attached hydrogens (tertiary/aromatic N) is 2. The van der Waals surface area contributed by atoms with Gasteiger partial charge in [-0.15, -0.1) is 0 Å². The quantitative estimate of drug-likeness (QED) is 0.592. The van der Waals surface area contributed by atoms with Crippen molar-refractivity contribution in [2.45, 2.75) is 44.7 Å². The molecule has 0 aromatic carbocycles. The van der Waals surface area contributed by atoms with E-state index in [4.69, 9.17) is 11.5 Å². The Hall–Kier alpha value is -2.19. The van der Waals surface area contributed by atoms with Crippen molar-refractivity contribution in [2.24, 2.45) is 11.5 Å². The molecule has 1 unspecified atom stereocenters. The Kier molecular flexibility index (Phi) is 5.73. The highest BCUT2D eigenvalue weighted by atomic mass is 79.9. The van der Waals surface area contributed by atoms with E-state index in [9.17, 15) is 4.79 Å². The number of hydrogen-bond acceptors (Lipinski definition) is 6. The summed E-state index contributed by atoms with van der Waals surface area (Å²) in [4.78, 5) is 20.6. The molecule has 1 aliphatic carbocycles. The first-order chi connectivity index (χ1) is 12.4. The average Bonchev–Trinajstić information content (AvgIpc) is 2.59. The van der Waals surface area contributed by atoms with Crippen LogP contribution in [0.4, 0.5) is 17.3 Å². The fourth-order valence-electron chi connectivity index (χ4n) is 3.15. The van der Waals surface area contributed by atoms with Gasteiger partial charge in [0.1, 0.15) is 11.6 Å². The van der Waals surface area contributed by atoms with Crippen LogP contribution in [0.15, 0.2) is 29.0 Å². The summed E-state index contributed by atoms with van der Waals surface area (Å²) in [7, 11) is 0. The molecule has 0 radical (unpaired) electrons. The number of anilines is 3. The number of carbonyl (C=O) groups excluding carboxylic acids is 1. The third-order valence-electron chi connectivity index (χ3n) is 4.52. The van der Waals surface area contributed by atoms with Crippen molar-refractivity contribution in [3.05, 3.63) is 40.1 Å². The van der Waals surface area contributed by atoms with Crippen molar-refractivity contribution in [3.8, 4) is 0 Å². The summed E-state index contributed by atoms with van der Waals surface area (Å²) in [5.74, 6) is 0.475. The molecule has 3 rings (SSSR count). The zero-order valence-corrected chi connectivity index (χ0v) is 16.2. The summed E-state index contributed by atoms with van der Waals surface area (Å²) in [5.41, 5.74) is 13.8. The van der Waals surface area contributed by atoms with Gasteiger partial charge in [0.25, 0.3) is 5.91 Å². The van der Waals surface area contributed by atoms with Crippen LogP contribution in [0, 0.1) is 6.92 Å². The van der Waals surface area contributed by atoms with E-state index in [1.165, 1.54) is 0 Å². The van der Waals surface area contributed by atoms with Crippen LogP contribution in [0.3, 0.4) is 0 Å². The summed E-state index contributed by atoms with van der Waals surface area (Å²) in [5, 5.41) is 6.56. The van der Waals surface area contributed by atoms with E-state index in [2.05, 4.69) is 36.5 Å². The van der Waals surface area contributed by atoms with Crippen LogP contribution < -0.4 is 22.1 Å². The Labute approximate surface area is 161 Å². The number of halogens is 1. The molecule has 1 amide bonds. The van der Waals surface area contributed by atoms with Gasteiger partial charge in [0, 0.05) is 18.3 Å². The zero-order valence-electron chi connectivity index (χ0n) is 14.6. The zero-order chi connectivity index (χ0) is 18.7. The molecule has 0 saturated heterocycles. The Morgan fingerprint density at radius 1 is 1.23 bits per heavy atom. The normalized spacial score (nSPS) is 19.8. The summed E-state index contributed by atoms with van der Waals surface area (Å²) >= 11 is 3.48. The second kappa shape index (κ2) is 8.01. The molecule has 1 aliphatic rings. The van der Waals surface area contributed by atoms with Crippen molar-refractivity contribution >= 4 is 39.2 Å². The van der Waals surface area contributed by atoms with Crippen LogP contribution in [0.1, 0.15) is 41.6 Å². The summed E-state index contributed by atoms with van der Waals surface area (Å²) < 4.78 is 0.678. The van der Waals surface area contributed by atoms with E-state index in [-0.39, 0.29) is 12.1 Å². The fraction of sp³-hybridized carbons (Fsp3) is 0.389. The second-order valence-electron chi connectivity index (χ2n) is 6.65. The van der Waals surface area contributed by atoms with E-state index in [1.807, 2.05) is 13.0 Å². The molecule has 2 atom stereocenters. The standard InChI is InChI=1S/C18H23BrN6O/c1-10-6-11(9-22-8-10)23-17-12(16(21)26)7-13(19)18(25-17)24-15-5-3-2-4-14(15)20/h6-9,14-15H,2-5,20H2,1H3,(H2,21,26)(H2,23,24,25)/t14-,15?/m0/s1. The van der Waals surface area contributed by atoms with Gasteiger partial charge in [-0.1, -0.05) is 12.8 Å². The maximum absolute atomic E-state index is 11.8. The molecule has 0 spiro atoms. The first kappa shape index (κ1) is 18.6. The highest BCUT2D eigenvalue weighted by molar-refractivity contribution is 9.10. The van der Waals surface area contributed by atoms with Gasteiger partial charge in [0.15, 0.2) is 0 Å². The lowest BCUT2D eigenvalue weighted by Gasteiger charge is -2.30. The molecule has 1 fully saturated rings. The molecular formula is C18H23BrN6O. The number of nitrogens with one attached hydrogen (secondary N) is 2. The number of carbonyl (C=O) groups is 1. The largest absolute Gasteiger partial charge is 0.365 e. The third kappa shape index (κ3) is 4.31. The SMILES string of the molecule is Cc1cncc(Nc2nc(NC3CCCC[C@@H]3N)c(Br)cc2C(N)=O)c1. The van der Waals surface area contributed by atoms with E-state index in [1.54, 1.807) is 18.5 Å². The first-order valence-electron chi connectivity index (χ1n) is 8.65.